The molecule has 0 bridgehead atoms. The summed E-state index contributed by atoms with van der Waals surface area (Å²) in [5, 5.41) is 6.65. The molecule has 4 rings (SSSR count). The molecule has 0 saturated heterocycles. The summed E-state index contributed by atoms with van der Waals surface area (Å²) in [6.45, 7) is 6.71. The van der Waals surface area contributed by atoms with Crippen molar-refractivity contribution >= 4 is 34.8 Å². The summed E-state index contributed by atoms with van der Waals surface area (Å²) < 4.78 is 11.7. The van der Waals surface area contributed by atoms with Crippen molar-refractivity contribution in [2.75, 3.05) is 19.0 Å². The maximum atomic E-state index is 13.6. The zero-order chi connectivity index (χ0) is 33.3. The maximum Gasteiger partial charge on any atom is 0.338 e. The van der Waals surface area contributed by atoms with Gasteiger partial charge in [-0.25, -0.2) is 14.6 Å². The van der Waals surface area contributed by atoms with Gasteiger partial charge in [0, 0.05) is 17.0 Å². The molecular formula is C38H54N4O4S. The Kier molecular flexibility index (Phi) is 15.5. The molecule has 8 nitrogen and oxygen atoms in total. The van der Waals surface area contributed by atoms with E-state index in [4.69, 9.17) is 9.47 Å². The molecule has 2 aromatic carbocycles. The van der Waals surface area contributed by atoms with Crippen LogP contribution in [0.1, 0.15) is 121 Å². The number of urea groups is 1. The number of fused-ring (bicyclic) bond motifs is 1. The number of carbonyl (C=O) groups is 2. The molecule has 1 aliphatic heterocycles. The topological polar surface area (TPSA) is 105 Å². The van der Waals surface area contributed by atoms with E-state index in [-0.39, 0.29) is 12.6 Å². The number of ether oxygens (including phenoxy) is 2. The van der Waals surface area contributed by atoms with Gasteiger partial charge in [0.05, 0.1) is 35.9 Å². The number of amides is 2. The number of esters is 1. The second-order valence-corrected chi connectivity index (χ2v) is 13.2. The molecule has 256 valence electrons. The van der Waals surface area contributed by atoms with Gasteiger partial charge in [-0.15, -0.1) is 0 Å². The predicted molar refractivity (Wildman–Crippen MR) is 192 cm³/mol. The lowest BCUT2D eigenvalue weighted by molar-refractivity contribution is -0.139. The Balaban J connectivity index is 1.44. The van der Waals surface area contributed by atoms with Gasteiger partial charge in [-0.2, -0.15) is 0 Å². The fourth-order valence-corrected chi connectivity index (χ4v) is 7.14. The first kappa shape index (κ1) is 36.4. The highest BCUT2D eigenvalue weighted by molar-refractivity contribution is 7.99. The standard InChI is InChI=1S/C38H54N4O4S/c1-4-7-8-9-10-11-12-13-14-15-16-17-18-22-28-23-21-26-32(45-5-2)33(28)35-34(36(43)46-6-3)31(39-37(44)42-35)27-47-38-40-29-24-19-20-25-30(29)41-38/h19-21,23-26,35H,4-18,22,27H2,1-3H3,(H,40,41)(H2,39,42,44). The zero-order valence-corrected chi connectivity index (χ0v) is 29.4. The number of imidazole rings is 1. The lowest BCUT2D eigenvalue weighted by Gasteiger charge is -2.31. The van der Waals surface area contributed by atoms with Crippen LogP contribution in [0.2, 0.25) is 0 Å². The van der Waals surface area contributed by atoms with Crippen LogP contribution in [0, 0.1) is 0 Å². The van der Waals surface area contributed by atoms with Gasteiger partial charge < -0.3 is 25.1 Å². The minimum absolute atomic E-state index is 0.228. The average molecular weight is 663 g/mol. The van der Waals surface area contributed by atoms with Gasteiger partial charge in [0.15, 0.2) is 5.16 Å². The van der Waals surface area contributed by atoms with Crippen molar-refractivity contribution in [1.82, 2.24) is 20.6 Å². The van der Waals surface area contributed by atoms with E-state index in [9.17, 15) is 9.59 Å². The molecule has 0 saturated carbocycles. The van der Waals surface area contributed by atoms with Crippen molar-refractivity contribution in [3.63, 3.8) is 0 Å². The number of H-pyrrole nitrogens is 1. The van der Waals surface area contributed by atoms with E-state index in [0.29, 0.717) is 34.5 Å². The Morgan fingerprint density at radius 1 is 0.830 bits per heavy atom. The van der Waals surface area contributed by atoms with Crippen molar-refractivity contribution in [1.29, 1.82) is 0 Å². The largest absolute Gasteiger partial charge is 0.493 e. The lowest BCUT2D eigenvalue weighted by Crippen LogP contribution is -2.47. The van der Waals surface area contributed by atoms with Crippen LogP contribution in [-0.2, 0) is 16.0 Å². The van der Waals surface area contributed by atoms with E-state index >= 15 is 0 Å². The number of aromatic amines is 1. The smallest absolute Gasteiger partial charge is 0.338 e. The van der Waals surface area contributed by atoms with Gasteiger partial charge in [-0.05, 0) is 50.5 Å². The number of nitrogens with one attached hydrogen (secondary N) is 3. The first-order chi connectivity index (χ1) is 23.0. The van der Waals surface area contributed by atoms with E-state index in [0.717, 1.165) is 41.4 Å². The SMILES string of the molecule is CCCCCCCCCCCCCCCc1cccc(OCC)c1C1NC(=O)NC(CSc2nc3ccccc3[nH]2)=C1C(=O)OCC. The minimum Gasteiger partial charge on any atom is -0.493 e. The second-order valence-electron chi connectivity index (χ2n) is 12.2. The monoisotopic (exact) mass is 662 g/mol. The first-order valence-corrected chi connectivity index (χ1v) is 18.8. The highest BCUT2D eigenvalue weighted by Gasteiger charge is 2.36. The summed E-state index contributed by atoms with van der Waals surface area (Å²) >= 11 is 1.43. The van der Waals surface area contributed by atoms with Crippen LogP contribution in [0.4, 0.5) is 4.79 Å². The number of unbranched alkanes of at least 4 members (excludes halogenated alkanes) is 12. The van der Waals surface area contributed by atoms with Crippen molar-refractivity contribution in [2.24, 2.45) is 0 Å². The minimum atomic E-state index is -0.700. The molecule has 3 N–H and O–H groups in total. The molecule has 2 amide bonds. The van der Waals surface area contributed by atoms with Gasteiger partial charge in [0.25, 0.3) is 0 Å². The summed E-state index contributed by atoms with van der Waals surface area (Å²) in [6.07, 6.45) is 17.7. The highest BCUT2D eigenvalue weighted by Crippen LogP contribution is 2.38. The highest BCUT2D eigenvalue weighted by atomic mass is 32.2. The van der Waals surface area contributed by atoms with Gasteiger partial charge in [-0.1, -0.05) is 120 Å². The molecule has 3 aromatic rings. The number of thioether (sulfide) groups is 1. The number of rotatable bonds is 22. The average Bonchev–Trinajstić information content (AvgIpc) is 3.49. The molecule has 1 aromatic heterocycles. The third kappa shape index (κ3) is 11.1. The molecular weight excluding hydrogens is 609 g/mol. The Hall–Kier alpha value is -3.46. The molecule has 1 atom stereocenters. The Bertz CT molecular complexity index is 1420. The van der Waals surface area contributed by atoms with Crippen molar-refractivity contribution in [3.8, 4) is 5.75 Å². The predicted octanol–water partition coefficient (Wildman–Crippen LogP) is 9.56. The number of hydrogen-bond donors (Lipinski definition) is 3. The summed E-state index contributed by atoms with van der Waals surface area (Å²) in [5.41, 5.74) is 4.62. The quantitative estimate of drug-likeness (QED) is 0.0562. The molecule has 0 aliphatic carbocycles. The van der Waals surface area contributed by atoms with Gasteiger partial charge >= 0.3 is 12.0 Å². The van der Waals surface area contributed by atoms with E-state index in [2.05, 4.69) is 33.6 Å². The van der Waals surface area contributed by atoms with Crippen LogP contribution in [0.5, 0.6) is 5.75 Å². The number of carbonyl (C=O) groups excluding carboxylic acids is 2. The molecule has 2 heterocycles. The number of aryl methyl sites for hydroxylation is 1. The summed E-state index contributed by atoms with van der Waals surface area (Å²) in [5.74, 6) is 0.560. The van der Waals surface area contributed by atoms with E-state index in [1.807, 2.05) is 43.3 Å². The van der Waals surface area contributed by atoms with Crippen LogP contribution >= 0.6 is 11.8 Å². The van der Waals surface area contributed by atoms with Gasteiger partial charge in [0.1, 0.15) is 5.75 Å². The normalized spacial score (nSPS) is 14.7. The van der Waals surface area contributed by atoms with Crippen molar-refractivity contribution in [2.45, 2.75) is 122 Å². The van der Waals surface area contributed by atoms with Crippen LogP contribution in [0.25, 0.3) is 11.0 Å². The molecule has 1 aliphatic rings. The lowest BCUT2D eigenvalue weighted by atomic mass is 9.89. The molecule has 47 heavy (non-hydrogen) atoms. The summed E-state index contributed by atoms with van der Waals surface area (Å²) in [7, 11) is 0. The van der Waals surface area contributed by atoms with Gasteiger partial charge in [0.2, 0.25) is 0 Å². The number of aromatic nitrogens is 2. The zero-order valence-electron chi connectivity index (χ0n) is 28.6. The molecule has 0 radical (unpaired) electrons. The number of nitrogens with zero attached hydrogens (tertiary/aromatic N) is 1. The van der Waals surface area contributed by atoms with E-state index < -0.39 is 12.0 Å². The fraction of sp³-hybridized carbons (Fsp3) is 0.553. The van der Waals surface area contributed by atoms with Crippen LogP contribution in [0.15, 0.2) is 58.9 Å². The van der Waals surface area contributed by atoms with E-state index in [1.165, 1.54) is 82.4 Å². The Morgan fingerprint density at radius 3 is 2.17 bits per heavy atom. The Labute approximate surface area is 285 Å². The van der Waals surface area contributed by atoms with Crippen LogP contribution < -0.4 is 15.4 Å². The first-order valence-electron chi connectivity index (χ1n) is 17.8. The third-order valence-electron chi connectivity index (χ3n) is 8.66. The fourth-order valence-electron chi connectivity index (χ4n) is 6.29. The van der Waals surface area contributed by atoms with Crippen molar-refractivity contribution in [3.05, 3.63) is 64.9 Å². The second kappa shape index (κ2) is 20.0. The maximum absolute atomic E-state index is 13.6. The number of hydrogen-bond acceptors (Lipinski definition) is 6. The van der Waals surface area contributed by atoms with Gasteiger partial charge in [-0.3, -0.25) is 0 Å². The van der Waals surface area contributed by atoms with Crippen molar-refractivity contribution < 1.29 is 19.1 Å². The Morgan fingerprint density at radius 2 is 1.51 bits per heavy atom. The number of benzene rings is 2. The van der Waals surface area contributed by atoms with Crippen LogP contribution in [-0.4, -0.2) is 40.9 Å². The summed E-state index contributed by atoms with van der Waals surface area (Å²) in [4.78, 5) is 34.7. The number of para-hydroxylation sites is 2. The molecule has 1 unspecified atom stereocenters. The molecule has 0 fully saturated rings. The third-order valence-corrected chi connectivity index (χ3v) is 9.56. The van der Waals surface area contributed by atoms with Crippen LogP contribution in [0.3, 0.4) is 0 Å². The summed E-state index contributed by atoms with van der Waals surface area (Å²) in [6, 6.07) is 12.8. The van der Waals surface area contributed by atoms with E-state index in [1.54, 1.807) is 6.92 Å². The molecule has 0 spiro atoms. The molecule has 9 heteroatoms.